The maximum Gasteiger partial charge on any atom is 0.590 e. The summed E-state index contributed by atoms with van der Waals surface area (Å²) in [4.78, 5) is 0. The number of ether oxygens (including phenoxy) is 1. The number of hydrogen-bond donors (Lipinski definition) is 0. The Labute approximate surface area is 182 Å². The normalized spacial score (nSPS) is 18.6. The molecule has 0 saturated carbocycles. The second kappa shape index (κ2) is 10.3. The molecule has 0 aliphatic carbocycles. The number of allylic oxidation sites excluding steroid dienone is 1. The second-order valence-corrected chi connectivity index (χ2v) is 8.74. The maximum atomic E-state index is 13.8. The summed E-state index contributed by atoms with van der Waals surface area (Å²) in [6, 6.07) is 27.8. The van der Waals surface area contributed by atoms with Crippen LogP contribution in [0.15, 0.2) is 103 Å². The summed E-state index contributed by atoms with van der Waals surface area (Å²) < 4.78 is 37.1. The third-order valence-electron chi connectivity index (χ3n) is 4.89. The van der Waals surface area contributed by atoms with Gasteiger partial charge < -0.3 is 13.8 Å². The Morgan fingerprint density at radius 3 is 1.94 bits per heavy atom. The zero-order valence-electron chi connectivity index (χ0n) is 17.1. The first-order chi connectivity index (χ1) is 15.2. The van der Waals surface area contributed by atoms with Crippen LogP contribution in [0.4, 0.5) is 0 Å². The lowest BCUT2D eigenvalue weighted by atomic mass is 9.94. The van der Waals surface area contributed by atoms with Crippen molar-refractivity contribution in [2.75, 3.05) is 0 Å². The lowest BCUT2D eigenvalue weighted by Crippen LogP contribution is -2.27. The summed E-state index contributed by atoms with van der Waals surface area (Å²) >= 11 is 0. The van der Waals surface area contributed by atoms with E-state index in [-0.39, 0.29) is 5.92 Å². The van der Waals surface area contributed by atoms with Crippen LogP contribution in [0.25, 0.3) is 0 Å². The van der Waals surface area contributed by atoms with E-state index in [0.717, 1.165) is 24.8 Å². The van der Waals surface area contributed by atoms with Crippen LogP contribution >= 0.6 is 7.82 Å². The molecule has 160 valence electrons. The van der Waals surface area contributed by atoms with Crippen LogP contribution in [0.2, 0.25) is 0 Å². The Hall–Kier alpha value is -3.01. The van der Waals surface area contributed by atoms with Crippen molar-refractivity contribution in [3.8, 4) is 11.5 Å². The molecule has 1 heterocycles. The Kier molecular flexibility index (Phi) is 7.08. The number of benzene rings is 3. The molecule has 0 bridgehead atoms. The van der Waals surface area contributed by atoms with Crippen LogP contribution < -0.4 is 9.05 Å². The predicted molar refractivity (Wildman–Crippen MR) is 120 cm³/mol. The van der Waals surface area contributed by atoms with Crippen LogP contribution in [0.1, 0.15) is 18.4 Å². The van der Waals surface area contributed by atoms with Crippen LogP contribution in [0, 0.1) is 5.92 Å². The van der Waals surface area contributed by atoms with Gasteiger partial charge in [0.1, 0.15) is 11.5 Å². The summed E-state index contributed by atoms with van der Waals surface area (Å²) in [6.45, 7) is 0. The third kappa shape index (κ3) is 6.24. The van der Waals surface area contributed by atoms with Crippen molar-refractivity contribution in [2.24, 2.45) is 5.92 Å². The number of rotatable bonds is 8. The molecule has 0 amide bonds. The second-order valence-electron chi connectivity index (χ2n) is 7.26. The molecule has 2 atom stereocenters. The average molecular weight is 436 g/mol. The van der Waals surface area contributed by atoms with Gasteiger partial charge in [0.25, 0.3) is 0 Å². The Morgan fingerprint density at radius 2 is 1.35 bits per heavy atom. The largest absolute Gasteiger partial charge is 0.590 e. The van der Waals surface area contributed by atoms with Gasteiger partial charge in [-0.1, -0.05) is 66.7 Å². The molecule has 0 aromatic heterocycles. The van der Waals surface area contributed by atoms with E-state index in [9.17, 15) is 4.57 Å². The van der Waals surface area contributed by atoms with Gasteiger partial charge in [0.15, 0.2) is 0 Å². The molecule has 0 spiro atoms. The van der Waals surface area contributed by atoms with E-state index in [1.807, 2.05) is 36.4 Å². The Balaban J connectivity index is 1.58. The lowest BCUT2D eigenvalue weighted by molar-refractivity contribution is -0.0816. The smallest absolute Gasteiger partial charge is 0.472 e. The molecular formula is C25H25O5P. The fourth-order valence-corrected chi connectivity index (χ4v) is 4.75. The molecule has 0 saturated heterocycles. The van der Waals surface area contributed by atoms with E-state index in [2.05, 4.69) is 12.1 Å². The number of phosphoric acid groups is 1. The van der Waals surface area contributed by atoms with Gasteiger partial charge >= 0.3 is 7.82 Å². The van der Waals surface area contributed by atoms with E-state index in [1.165, 1.54) is 0 Å². The van der Waals surface area contributed by atoms with E-state index < -0.39 is 14.1 Å². The minimum atomic E-state index is -4.05. The zero-order valence-corrected chi connectivity index (χ0v) is 18.0. The van der Waals surface area contributed by atoms with Crippen molar-refractivity contribution in [2.45, 2.75) is 25.6 Å². The molecule has 5 nitrogen and oxygen atoms in total. The Bertz CT molecular complexity index is 962. The molecule has 31 heavy (non-hydrogen) atoms. The van der Waals surface area contributed by atoms with E-state index in [4.69, 9.17) is 18.3 Å². The van der Waals surface area contributed by atoms with Crippen LogP contribution in [0.3, 0.4) is 0 Å². The SMILES string of the molecule is O=P(Oc1ccccc1)(Oc1ccccc1)OC1OC=CCCC1Cc1ccccc1. The minimum Gasteiger partial charge on any atom is -0.472 e. The first-order valence-electron chi connectivity index (χ1n) is 10.3. The number of para-hydroxylation sites is 2. The van der Waals surface area contributed by atoms with E-state index in [0.29, 0.717) is 11.5 Å². The number of phosphoric ester groups is 1. The van der Waals surface area contributed by atoms with Crippen molar-refractivity contribution in [1.29, 1.82) is 0 Å². The molecular weight excluding hydrogens is 411 g/mol. The molecule has 3 aromatic rings. The van der Waals surface area contributed by atoms with Gasteiger partial charge in [-0.3, -0.25) is 0 Å². The minimum absolute atomic E-state index is 0.0236. The van der Waals surface area contributed by atoms with Crippen molar-refractivity contribution in [3.05, 3.63) is 109 Å². The van der Waals surface area contributed by atoms with E-state index in [1.54, 1.807) is 54.8 Å². The highest BCUT2D eigenvalue weighted by atomic mass is 31.2. The highest BCUT2D eigenvalue weighted by Gasteiger charge is 2.39. The monoisotopic (exact) mass is 436 g/mol. The summed E-state index contributed by atoms with van der Waals surface area (Å²) in [5.74, 6) is 0.764. The fraction of sp³-hybridized carbons (Fsp3) is 0.200. The molecule has 6 heteroatoms. The van der Waals surface area contributed by atoms with E-state index >= 15 is 0 Å². The van der Waals surface area contributed by atoms with Gasteiger partial charge in [-0.15, -0.1) is 0 Å². The molecule has 0 fully saturated rings. The standard InChI is InChI=1S/C25H25O5P/c26-31(28-23-15-6-2-7-16-23,29-24-17-8-3-9-18-24)30-25-22(14-10-11-19-27-25)20-21-12-4-1-5-13-21/h1-9,11-13,15-19,22,25H,10,14,20H2. The first kappa shape index (κ1) is 21.2. The molecule has 3 aromatic carbocycles. The third-order valence-corrected chi connectivity index (χ3v) is 6.23. The van der Waals surface area contributed by atoms with Gasteiger partial charge in [-0.2, -0.15) is 0 Å². The molecule has 0 N–H and O–H groups in total. The highest BCUT2D eigenvalue weighted by molar-refractivity contribution is 7.49. The number of hydrogen-bond acceptors (Lipinski definition) is 5. The maximum absolute atomic E-state index is 13.8. The average Bonchev–Trinajstić information content (AvgIpc) is 3.00. The van der Waals surface area contributed by atoms with Crippen molar-refractivity contribution < 1.29 is 22.9 Å². The lowest BCUT2D eigenvalue weighted by Gasteiger charge is -2.28. The molecule has 2 unspecified atom stereocenters. The summed E-state index contributed by atoms with van der Waals surface area (Å²) in [5, 5.41) is 0. The zero-order chi connectivity index (χ0) is 21.4. The highest BCUT2D eigenvalue weighted by Crippen LogP contribution is 2.52. The first-order valence-corrected chi connectivity index (χ1v) is 11.8. The molecule has 0 radical (unpaired) electrons. The predicted octanol–water partition coefficient (Wildman–Crippen LogP) is 6.78. The van der Waals surface area contributed by atoms with Crippen LogP contribution in [0.5, 0.6) is 11.5 Å². The van der Waals surface area contributed by atoms with Crippen molar-refractivity contribution >= 4 is 7.82 Å². The molecule has 1 aliphatic rings. The molecule has 1 aliphatic heterocycles. The van der Waals surface area contributed by atoms with Gasteiger partial charge in [0.05, 0.1) is 6.26 Å². The van der Waals surface area contributed by atoms with Crippen molar-refractivity contribution in [1.82, 2.24) is 0 Å². The van der Waals surface area contributed by atoms with Gasteiger partial charge in [0, 0.05) is 5.92 Å². The summed E-state index contributed by atoms with van der Waals surface area (Å²) in [6.07, 6.45) is 5.17. The fourth-order valence-electron chi connectivity index (χ4n) is 3.39. The summed E-state index contributed by atoms with van der Waals surface area (Å²) in [7, 11) is -4.05. The van der Waals surface area contributed by atoms with Crippen LogP contribution in [-0.4, -0.2) is 6.29 Å². The van der Waals surface area contributed by atoms with Crippen LogP contribution in [-0.2, 0) is 20.2 Å². The quantitative estimate of drug-likeness (QED) is 0.365. The van der Waals surface area contributed by atoms with Crippen molar-refractivity contribution in [3.63, 3.8) is 0 Å². The topological polar surface area (TPSA) is 54.0 Å². The summed E-state index contributed by atoms with van der Waals surface area (Å²) in [5.41, 5.74) is 1.16. The Morgan fingerprint density at radius 1 is 0.806 bits per heavy atom. The van der Waals surface area contributed by atoms with Gasteiger partial charge in [-0.25, -0.2) is 9.09 Å². The van der Waals surface area contributed by atoms with Gasteiger partial charge in [-0.05, 0) is 55.2 Å². The molecule has 4 rings (SSSR count). The van der Waals surface area contributed by atoms with Gasteiger partial charge in [0.2, 0.25) is 6.29 Å².